The standard InChI is InChI=1S/C25H26N2O2/c28-24-14-8-7-11-21(24)19-26-17-15-23(16-18-26)27(22-12-5-2-6-13-22)25(29)20-9-3-1-4-10-20/h1-14,23,28H,15-19H2. The maximum Gasteiger partial charge on any atom is 0.258 e. The molecule has 0 aromatic heterocycles. The maximum absolute atomic E-state index is 13.3. The molecule has 0 atom stereocenters. The summed E-state index contributed by atoms with van der Waals surface area (Å²) < 4.78 is 0. The summed E-state index contributed by atoms with van der Waals surface area (Å²) in [5.41, 5.74) is 2.61. The van der Waals surface area contributed by atoms with E-state index in [1.807, 2.05) is 83.8 Å². The fourth-order valence-corrected chi connectivity index (χ4v) is 4.02. The minimum atomic E-state index is 0.0518. The van der Waals surface area contributed by atoms with E-state index in [0.717, 1.165) is 43.7 Å². The molecule has 1 heterocycles. The average Bonchev–Trinajstić information content (AvgIpc) is 2.78. The molecule has 1 N–H and O–H groups in total. The van der Waals surface area contributed by atoms with E-state index in [0.29, 0.717) is 11.3 Å². The second-order valence-corrected chi connectivity index (χ2v) is 7.51. The third kappa shape index (κ3) is 4.49. The zero-order valence-electron chi connectivity index (χ0n) is 16.4. The lowest BCUT2D eigenvalue weighted by atomic mass is 10.00. The lowest BCUT2D eigenvalue weighted by molar-refractivity contribution is 0.0958. The van der Waals surface area contributed by atoms with Crippen molar-refractivity contribution in [1.29, 1.82) is 0 Å². The smallest absolute Gasteiger partial charge is 0.258 e. The molecule has 148 valence electrons. The molecular formula is C25H26N2O2. The Morgan fingerprint density at radius 3 is 2.10 bits per heavy atom. The molecule has 1 amide bonds. The van der Waals surface area contributed by atoms with E-state index >= 15 is 0 Å². The summed E-state index contributed by atoms with van der Waals surface area (Å²) >= 11 is 0. The Bertz CT molecular complexity index is 935. The van der Waals surface area contributed by atoms with Crippen LogP contribution in [-0.4, -0.2) is 35.0 Å². The van der Waals surface area contributed by atoms with Gasteiger partial charge in [-0.1, -0.05) is 54.6 Å². The van der Waals surface area contributed by atoms with Crippen LogP contribution >= 0.6 is 0 Å². The van der Waals surface area contributed by atoms with Crippen LogP contribution in [0.15, 0.2) is 84.9 Å². The molecule has 4 heteroatoms. The fraction of sp³-hybridized carbons (Fsp3) is 0.240. The van der Waals surface area contributed by atoms with E-state index in [2.05, 4.69) is 4.90 Å². The molecule has 1 fully saturated rings. The first kappa shape index (κ1) is 19.2. The minimum absolute atomic E-state index is 0.0518. The van der Waals surface area contributed by atoms with Gasteiger partial charge in [0.25, 0.3) is 5.91 Å². The van der Waals surface area contributed by atoms with Crippen molar-refractivity contribution in [2.24, 2.45) is 0 Å². The Hall–Kier alpha value is -3.11. The highest BCUT2D eigenvalue weighted by Gasteiger charge is 2.30. The number of anilines is 1. The number of rotatable bonds is 5. The second kappa shape index (κ2) is 8.93. The number of hydrogen-bond acceptors (Lipinski definition) is 3. The first-order chi connectivity index (χ1) is 14.2. The third-order valence-electron chi connectivity index (χ3n) is 5.58. The van der Waals surface area contributed by atoms with Crippen molar-refractivity contribution < 1.29 is 9.90 Å². The van der Waals surface area contributed by atoms with Gasteiger partial charge in [-0.15, -0.1) is 0 Å². The van der Waals surface area contributed by atoms with Crippen molar-refractivity contribution >= 4 is 11.6 Å². The van der Waals surface area contributed by atoms with Gasteiger partial charge in [-0.25, -0.2) is 0 Å². The molecule has 3 aromatic rings. The number of nitrogens with zero attached hydrogens (tertiary/aromatic N) is 2. The van der Waals surface area contributed by atoms with E-state index in [1.54, 1.807) is 6.07 Å². The van der Waals surface area contributed by atoms with Gasteiger partial charge in [0.15, 0.2) is 0 Å². The zero-order chi connectivity index (χ0) is 20.1. The molecule has 3 aromatic carbocycles. The zero-order valence-corrected chi connectivity index (χ0v) is 16.4. The minimum Gasteiger partial charge on any atom is -0.508 e. The van der Waals surface area contributed by atoms with Gasteiger partial charge in [-0.2, -0.15) is 0 Å². The Morgan fingerprint density at radius 2 is 1.45 bits per heavy atom. The quantitative estimate of drug-likeness (QED) is 0.691. The monoisotopic (exact) mass is 386 g/mol. The van der Waals surface area contributed by atoms with E-state index in [-0.39, 0.29) is 11.9 Å². The Morgan fingerprint density at radius 1 is 0.862 bits per heavy atom. The van der Waals surface area contributed by atoms with Crippen molar-refractivity contribution in [3.05, 3.63) is 96.1 Å². The number of para-hydroxylation sites is 2. The molecule has 1 saturated heterocycles. The van der Waals surface area contributed by atoms with Crippen molar-refractivity contribution in [2.45, 2.75) is 25.4 Å². The summed E-state index contributed by atoms with van der Waals surface area (Å²) in [4.78, 5) is 17.7. The van der Waals surface area contributed by atoms with Gasteiger partial charge in [0, 0.05) is 42.5 Å². The molecule has 0 radical (unpaired) electrons. The van der Waals surface area contributed by atoms with Gasteiger partial charge < -0.3 is 10.0 Å². The number of carbonyl (C=O) groups excluding carboxylic acids is 1. The van der Waals surface area contributed by atoms with Crippen LogP contribution < -0.4 is 4.90 Å². The summed E-state index contributed by atoms with van der Waals surface area (Å²) in [6.45, 7) is 2.52. The highest BCUT2D eigenvalue weighted by Crippen LogP contribution is 2.27. The topological polar surface area (TPSA) is 43.8 Å². The molecule has 0 unspecified atom stereocenters. The number of likely N-dealkylation sites (tertiary alicyclic amines) is 1. The fourth-order valence-electron chi connectivity index (χ4n) is 4.02. The number of amides is 1. The van der Waals surface area contributed by atoms with Gasteiger partial charge in [-0.3, -0.25) is 9.69 Å². The predicted octanol–water partition coefficient (Wildman–Crippen LogP) is 4.70. The summed E-state index contributed by atoms with van der Waals surface area (Å²) in [6.07, 6.45) is 1.81. The molecule has 0 spiro atoms. The summed E-state index contributed by atoms with van der Waals surface area (Å²) in [6, 6.07) is 27.1. The number of carbonyl (C=O) groups is 1. The van der Waals surface area contributed by atoms with Crippen LogP contribution in [0.3, 0.4) is 0 Å². The molecular weight excluding hydrogens is 360 g/mol. The van der Waals surface area contributed by atoms with Crippen molar-refractivity contribution in [2.75, 3.05) is 18.0 Å². The Balaban J connectivity index is 1.50. The number of phenolic OH excluding ortho intramolecular Hbond substituents is 1. The first-order valence-corrected chi connectivity index (χ1v) is 10.2. The van der Waals surface area contributed by atoms with Crippen LogP contribution in [0.25, 0.3) is 0 Å². The molecule has 1 aliphatic heterocycles. The lowest BCUT2D eigenvalue weighted by Crippen LogP contribution is -2.47. The molecule has 29 heavy (non-hydrogen) atoms. The third-order valence-corrected chi connectivity index (χ3v) is 5.58. The Labute approximate surface area is 172 Å². The SMILES string of the molecule is O=C(c1ccccc1)N(c1ccccc1)C1CCN(Cc2ccccc2O)CC1. The normalized spacial score (nSPS) is 15.2. The Kier molecular flexibility index (Phi) is 5.92. The largest absolute Gasteiger partial charge is 0.508 e. The van der Waals surface area contributed by atoms with E-state index < -0.39 is 0 Å². The van der Waals surface area contributed by atoms with Gasteiger partial charge in [0.1, 0.15) is 5.75 Å². The maximum atomic E-state index is 13.3. The summed E-state index contributed by atoms with van der Waals surface area (Å²) in [5, 5.41) is 10.0. The van der Waals surface area contributed by atoms with Crippen LogP contribution in [0.5, 0.6) is 5.75 Å². The number of piperidine rings is 1. The second-order valence-electron chi connectivity index (χ2n) is 7.51. The van der Waals surface area contributed by atoms with Gasteiger partial charge in [0.05, 0.1) is 0 Å². The van der Waals surface area contributed by atoms with Gasteiger partial charge in [0.2, 0.25) is 0 Å². The van der Waals surface area contributed by atoms with Crippen LogP contribution in [0, 0.1) is 0 Å². The van der Waals surface area contributed by atoms with Crippen LogP contribution in [0.2, 0.25) is 0 Å². The number of hydrogen-bond donors (Lipinski definition) is 1. The van der Waals surface area contributed by atoms with Gasteiger partial charge in [-0.05, 0) is 43.2 Å². The molecule has 4 nitrogen and oxygen atoms in total. The van der Waals surface area contributed by atoms with Crippen LogP contribution in [-0.2, 0) is 6.54 Å². The predicted molar refractivity (Wildman–Crippen MR) is 116 cm³/mol. The van der Waals surface area contributed by atoms with Crippen molar-refractivity contribution in [3.8, 4) is 5.75 Å². The van der Waals surface area contributed by atoms with Crippen molar-refractivity contribution in [3.63, 3.8) is 0 Å². The van der Waals surface area contributed by atoms with Crippen LogP contribution in [0.4, 0.5) is 5.69 Å². The van der Waals surface area contributed by atoms with E-state index in [4.69, 9.17) is 0 Å². The first-order valence-electron chi connectivity index (χ1n) is 10.2. The summed E-state index contributed by atoms with van der Waals surface area (Å²) in [7, 11) is 0. The highest BCUT2D eigenvalue weighted by atomic mass is 16.3. The number of phenols is 1. The highest BCUT2D eigenvalue weighted by molar-refractivity contribution is 6.06. The summed E-state index contributed by atoms with van der Waals surface area (Å²) in [5.74, 6) is 0.399. The molecule has 4 rings (SSSR count). The molecule has 0 bridgehead atoms. The van der Waals surface area contributed by atoms with Gasteiger partial charge >= 0.3 is 0 Å². The molecule has 0 saturated carbocycles. The number of benzene rings is 3. The lowest BCUT2D eigenvalue weighted by Gasteiger charge is -2.38. The molecule has 1 aliphatic rings. The molecule has 0 aliphatic carbocycles. The van der Waals surface area contributed by atoms with E-state index in [1.165, 1.54) is 0 Å². The van der Waals surface area contributed by atoms with Crippen LogP contribution in [0.1, 0.15) is 28.8 Å². The van der Waals surface area contributed by atoms with Crippen molar-refractivity contribution in [1.82, 2.24) is 4.90 Å². The number of aromatic hydroxyl groups is 1. The van der Waals surface area contributed by atoms with E-state index in [9.17, 15) is 9.90 Å². The average molecular weight is 386 g/mol.